The van der Waals surface area contributed by atoms with E-state index in [-0.39, 0.29) is 0 Å². The second-order valence-electron chi connectivity index (χ2n) is 4.02. The average molecular weight is 288 g/mol. The van der Waals surface area contributed by atoms with Gasteiger partial charge in [-0.2, -0.15) is 0 Å². The molecular formula is C13H22ClN3O2. The van der Waals surface area contributed by atoms with Gasteiger partial charge in [-0.1, -0.05) is 18.5 Å². The normalized spacial score (nSPS) is 10.7. The van der Waals surface area contributed by atoms with E-state index in [9.17, 15) is 0 Å². The van der Waals surface area contributed by atoms with Gasteiger partial charge in [-0.25, -0.2) is 9.97 Å². The van der Waals surface area contributed by atoms with E-state index in [4.69, 9.17) is 21.1 Å². The van der Waals surface area contributed by atoms with E-state index in [1.54, 1.807) is 6.07 Å². The maximum Gasteiger partial charge on any atom is 0.158 e. The first kappa shape index (κ1) is 16.1. The van der Waals surface area contributed by atoms with Gasteiger partial charge in [0.15, 0.2) is 5.82 Å². The highest BCUT2D eigenvalue weighted by atomic mass is 35.5. The SMILES string of the molecule is CCCOCCCNc1cc(Cl)nc(COCC)n1. The van der Waals surface area contributed by atoms with Gasteiger partial charge in [-0.3, -0.25) is 0 Å². The molecule has 1 N–H and O–H groups in total. The van der Waals surface area contributed by atoms with Gasteiger partial charge in [0.05, 0.1) is 0 Å². The summed E-state index contributed by atoms with van der Waals surface area (Å²) in [4.78, 5) is 8.44. The molecule has 0 saturated heterocycles. The van der Waals surface area contributed by atoms with Gasteiger partial charge in [0.1, 0.15) is 17.6 Å². The van der Waals surface area contributed by atoms with E-state index in [2.05, 4.69) is 22.2 Å². The van der Waals surface area contributed by atoms with Gasteiger partial charge in [-0.05, 0) is 19.8 Å². The largest absolute Gasteiger partial charge is 0.381 e. The first-order chi connectivity index (χ1) is 9.26. The Kier molecular flexibility index (Phi) is 8.45. The number of aromatic nitrogens is 2. The Bertz CT molecular complexity index is 364. The van der Waals surface area contributed by atoms with E-state index < -0.39 is 0 Å². The van der Waals surface area contributed by atoms with Crippen molar-refractivity contribution in [3.63, 3.8) is 0 Å². The van der Waals surface area contributed by atoms with E-state index in [0.29, 0.717) is 24.2 Å². The standard InChI is InChI=1S/C13H22ClN3O2/c1-3-7-19-8-5-6-15-12-9-11(14)16-13(17-12)10-18-4-2/h9H,3-8,10H2,1-2H3,(H,15,16,17). The molecule has 0 aliphatic heterocycles. The van der Waals surface area contributed by atoms with Gasteiger partial charge in [0, 0.05) is 32.4 Å². The minimum absolute atomic E-state index is 0.380. The van der Waals surface area contributed by atoms with Crippen LogP contribution in [0.1, 0.15) is 32.5 Å². The smallest absolute Gasteiger partial charge is 0.158 e. The molecule has 0 saturated carbocycles. The van der Waals surface area contributed by atoms with Crippen molar-refractivity contribution in [3.8, 4) is 0 Å². The fourth-order valence-electron chi connectivity index (χ4n) is 1.45. The lowest BCUT2D eigenvalue weighted by Crippen LogP contribution is -2.09. The zero-order valence-electron chi connectivity index (χ0n) is 11.6. The van der Waals surface area contributed by atoms with Crippen LogP contribution in [0.25, 0.3) is 0 Å². The van der Waals surface area contributed by atoms with Crippen LogP contribution in [0.2, 0.25) is 5.15 Å². The van der Waals surface area contributed by atoms with Gasteiger partial charge in [0.2, 0.25) is 0 Å². The Hall–Kier alpha value is -0.910. The topological polar surface area (TPSA) is 56.3 Å². The van der Waals surface area contributed by atoms with Gasteiger partial charge in [0.25, 0.3) is 0 Å². The fourth-order valence-corrected chi connectivity index (χ4v) is 1.65. The number of rotatable bonds is 10. The summed E-state index contributed by atoms with van der Waals surface area (Å²) in [6.45, 7) is 7.41. The second kappa shape index (κ2) is 9.95. The molecule has 0 fully saturated rings. The van der Waals surface area contributed by atoms with E-state index in [1.165, 1.54) is 0 Å². The molecule has 1 rings (SSSR count). The summed E-state index contributed by atoms with van der Waals surface area (Å²) in [5, 5.41) is 3.63. The summed E-state index contributed by atoms with van der Waals surface area (Å²) in [6, 6.07) is 1.71. The monoisotopic (exact) mass is 287 g/mol. The summed E-state index contributed by atoms with van der Waals surface area (Å²) in [5.41, 5.74) is 0. The summed E-state index contributed by atoms with van der Waals surface area (Å²) >= 11 is 5.94. The van der Waals surface area contributed by atoms with Crippen molar-refractivity contribution in [2.24, 2.45) is 0 Å². The highest BCUT2D eigenvalue weighted by molar-refractivity contribution is 6.29. The molecule has 0 bridgehead atoms. The molecule has 0 amide bonds. The van der Waals surface area contributed by atoms with Crippen molar-refractivity contribution in [3.05, 3.63) is 17.0 Å². The lowest BCUT2D eigenvalue weighted by atomic mass is 10.4. The molecule has 108 valence electrons. The third-order valence-electron chi connectivity index (χ3n) is 2.30. The van der Waals surface area contributed by atoms with E-state index in [0.717, 1.165) is 38.4 Å². The predicted molar refractivity (Wildman–Crippen MR) is 76.6 cm³/mol. The van der Waals surface area contributed by atoms with Crippen LogP contribution in [-0.2, 0) is 16.1 Å². The number of hydrogen-bond acceptors (Lipinski definition) is 5. The number of halogens is 1. The van der Waals surface area contributed by atoms with Crippen LogP contribution in [0, 0.1) is 0 Å². The van der Waals surface area contributed by atoms with Crippen molar-refractivity contribution in [1.29, 1.82) is 0 Å². The highest BCUT2D eigenvalue weighted by Gasteiger charge is 2.03. The molecular weight excluding hydrogens is 266 g/mol. The summed E-state index contributed by atoms with van der Waals surface area (Å²) < 4.78 is 10.7. The van der Waals surface area contributed by atoms with Crippen LogP contribution in [0.3, 0.4) is 0 Å². The van der Waals surface area contributed by atoms with Crippen molar-refractivity contribution < 1.29 is 9.47 Å². The minimum Gasteiger partial charge on any atom is -0.381 e. The Balaban J connectivity index is 2.34. The van der Waals surface area contributed by atoms with Crippen molar-refractivity contribution >= 4 is 17.4 Å². The van der Waals surface area contributed by atoms with Crippen molar-refractivity contribution in [1.82, 2.24) is 9.97 Å². The molecule has 0 aliphatic rings. The Morgan fingerprint density at radius 1 is 1.21 bits per heavy atom. The van der Waals surface area contributed by atoms with Crippen LogP contribution in [0.15, 0.2) is 6.07 Å². The average Bonchev–Trinajstić information content (AvgIpc) is 2.40. The molecule has 6 heteroatoms. The molecule has 0 radical (unpaired) electrons. The fraction of sp³-hybridized carbons (Fsp3) is 0.692. The van der Waals surface area contributed by atoms with E-state index >= 15 is 0 Å². The van der Waals surface area contributed by atoms with E-state index in [1.807, 2.05) is 6.92 Å². The van der Waals surface area contributed by atoms with Crippen LogP contribution >= 0.6 is 11.6 Å². The minimum atomic E-state index is 0.380. The molecule has 0 atom stereocenters. The Labute approximate surface area is 119 Å². The Morgan fingerprint density at radius 2 is 2.05 bits per heavy atom. The number of anilines is 1. The lowest BCUT2D eigenvalue weighted by Gasteiger charge is -2.08. The summed E-state index contributed by atoms with van der Waals surface area (Å²) in [5.74, 6) is 1.32. The number of ether oxygens (including phenoxy) is 2. The first-order valence-corrected chi connectivity index (χ1v) is 7.06. The van der Waals surface area contributed by atoms with Crippen molar-refractivity contribution in [2.45, 2.75) is 33.3 Å². The highest BCUT2D eigenvalue weighted by Crippen LogP contribution is 2.12. The molecule has 0 aromatic carbocycles. The van der Waals surface area contributed by atoms with Gasteiger partial charge >= 0.3 is 0 Å². The van der Waals surface area contributed by atoms with Crippen LogP contribution in [0.5, 0.6) is 0 Å². The zero-order valence-corrected chi connectivity index (χ0v) is 12.4. The molecule has 1 aromatic rings. The number of nitrogens with zero attached hydrogens (tertiary/aromatic N) is 2. The van der Waals surface area contributed by atoms with Crippen LogP contribution < -0.4 is 5.32 Å². The summed E-state index contributed by atoms with van der Waals surface area (Å²) in [6.07, 6.45) is 1.98. The van der Waals surface area contributed by atoms with Crippen LogP contribution in [-0.4, -0.2) is 36.3 Å². The molecule has 19 heavy (non-hydrogen) atoms. The third-order valence-corrected chi connectivity index (χ3v) is 2.49. The van der Waals surface area contributed by atoms with Crippen molar-refractivity contribution in [2.75, 3.05) is 31.7 Å². The molecule has 0 spiro atoms. The van der Waals surface area contributed by atoms with Gasteiger partial charge < -0.3 is 14.8 Å². The first-order valence-electron chi connectivity index (χ1n) is 6.69. The lowest BCUT2D eigenvalue weighted by molar-refractivity contribution is 0.128. The zero-order chi connectivity index (χ0) is 13.9. The Morgan fingerprint density at radius 3 is 2.79 bits per heavy atom. The maximum absolute atomic E-state index is 5.94. The molecule has 5 nitrogen and oxygen atoms in total. The molecule has 1 aromatic heterocycles. The summed E-state index contributed by atoms with van der Waals surface area (Å²) in [7, 11) is 0. The predicted octanol–water partition coefficient (Wildman–Crippen LogP) is 2.90. The molecule has 0 unspecified atom stereocenters. The quantitative estimate of drug-likeness (QED) is 0.530. The number of nitrogens with one attached hydrogen (secondary N) is 1. The second-order valence-corrected chi connectivity index (χ2v) is 4.41. The molecule has 0 aliphatic carbocycles. The maximum atomic E-state index is 5.94. The van der Waals surface area contributed by atoms with Gasteiger partial charge in [-0.15, -0.1) is 0 Å². The van der Waals surface area contributed by atoms with Crippen LogP contribution in [0.4, 0.5) is 5.82 Å². The number of hydrogen-bond donors (Lipinski definition) is 1. The molecule has 1 heterocycles. The third kappa shape index (κ3) is 7.30.